The maximum Gasteiger partial charge on any atom is 0.247 e. The lowest BCUT2D eigenvalue weighted by Gasteiger charge is -2.25. The summed E-state index contributed by atoms with van der Waals surface area (Å²) in [5, 5.41) is 5.63. The summed E-state index contributed by atoms with van der Waals surface area (Å²) in [4.78, 5) is 25.7. The number of rotatable bonds is 5. The molecule has 2 rings (SSSR count). The monoisotopic (exact) mass is 301 g/mol. The summed E-state index contributed by atoms with van der Waals surface area (Å²) in [5.74, 6) is -0.286. The molecule has 0 aromatic heterocycles. The number of nitrogens with zero attached hydrogens (tertiary/aromatic N) is 1. The highest BCUT2D eigenvalue weighted by Gasteiger charge is 2.14. The zero-order valence-corrected chi connectivity index (χ0v) is 13.0. The van der Waals surface area contributed by atoms with Crippen LogP contribution >= 0.6 is 0 Å². The number of carbonyl (C=O) groups excluding carboxylic acids is 2. The van der Waals surface area contributed by atoms with Crippen molar-refractivity contribution in [3.8, 4) is 0 Å². The summed E-state index contributed by atoms with van der Waals surface area (Å²) in [6, 6.07) is 5.44. The van der Waals surface area contributed by atoms with Gasteiger partial charge in [-0.1, -0.05) is 19.1 Å². The zero-order chi connectivity index (χ0) is 15.9. The highest BCUT2D eigenvalue weighted by atomic mass is 16.2. The molecule has 2 amide bonds. The number of anilines is 2. The van der Waals surface area contributed by atoms with Gasteiger partial charge in [-0.2, -0.15) is 0 Å². The SMILES string of the molecule is C=CC(=O)Nc1ccc(C)c(NC(=O)CN2CCCCC2)c1. The number of piperidine rings is 1. The van der Waals surface area contributed by atoms with Gasteiger partial charge in [-0.05, 0) is 56.6 Å². The Labute approximate surface area is 131 Å². The third-order valence-corrected chi connectivity index (χ3v) is 3.78. The largest absolute Gasteiger partial charge is 0.325 e. The van der Waals surface area contributed by atoms with Crippen molar-refractivity contribution < 1.29 is 9.59 Å². The van der Waals surface area contributed by atoms with E-state index in [1.165, 1.54) is 12.5 Å². The minimum Gasteiger partial charge on any atom is -0.325 e. The van der Waals surface area contributed by atoms with E-state index < -0.39 is 0 Å². The van der Waals surface area contributed by atoms with E-state index in [1.807, 2.05) is 13.0 Å². The molecule has 5 nitrogen and oxygen atoms in total. The fraction of sp³-hybridized carbons (Fsp3) is 0.412. The van der Waals surface area contributed by atoms with Crippen molar-refractivity contribution in [2.24, 2.45) is 0 Å². The van der Waals surface area contributed by atoms with Gasteiger partial charge in [0.25, 0.3) is 0 Å². The first-order valence-corrected chi connectivity index (χ1v) is 7.65. The summed E-state index contributed by atoms with van der Waals surface area (Å²) in [6.07, 6.45) is 4.79. The molecular formula is C17H23N3O2. The van der Waals surface area contributed by atoms with Gasteiger partial charge >= 0.3 is 0 Å². The van der Waals surface area contributed by atoms with Crippen LogP contribution in [0.3, 0.4) is 0 Å². The van der Waals surface area contributed by atoms with Crippen LogP contribution in [0.15, 0.2) is 30.9 Å². The van der Waals surface area contributed by atoms with E-state index in [0.717, 1.165) is 37.2 Å². The molecule has 1 heterocycles. The van der Waals surface area contributed by atoms with Gasteiger partial charge in [-0.25, -0.2) is 0 Å². The molecular weight excluding hydrogens is 278 g/mol. The number of benzene rings is 1. The van der Waals surface area contributed by atoms with E-state index in [-0.39, 0.29) is 11.8 Å². The van der Waals surface area contributed by atoms with Crippen LogP contribution in [0.2, 0.25) is 0 Å². The molecule has 1 aliphatic heterocycles. The Morgan fingerprint density at radius 2 is 1.95 bits per heavy atom. The summed E-state index contributed by atoms with van der Waals surface area (Å²) in [5.41, 5.74) is 2.33. The molecule has 0 radical (unpaired) electrons. The second-order valence-corrected chi connectivity index (χ2v) is 5.61. The zero-order valence-electron chi connectivity index (χ0n) is 13.0. The van der Waals surface area contributed by atoms with Gasteiger partial charge in [-0.15, -0.1) is 0 Å². The minimum absolute atomic E-state index is 0.0165. The van der Waals surface area contributed by atoms with E-state index in [0.29, 0.717) is 12.2 Å². The van der Waals surface area contributed by atoms with E-state index in [2.05, 4.69) is 22.1 Å². The van der Waals surface area contributed by atoms with Crippen molar-refractivity contribution in [1.29, 1.82) is 0 Å². The summed E-state index contributed by atoms with van der Waals surface area (Å²) in [6.45, 7) is 7.74. The van der Waals surface area contributed by atoms with Crippen molar-refractivity contribution in [3.05, 3.63) is 36.4 Å². The lowest BCUT2D eigenvalue weighted by atomic mass is 10.1. The molecule has 0 saturated carbocycles. The molecule has 1 aromatic rings. The van der Waals surface area contributed by atoms with Crippen LogP contribution in [0.25, 0.3) is 0 Å². The number of aryl methyl sites for hydroxylation is 1. The summed E-state index contributed by atoms with van der Waals surface area (Å²) >= 11 is 0. The average molecular weight is 301 g/mol. The minimum atomic E-state index is -0.269. The van der Waals surface area contributed by atoms with Crippen molar-refractivity contribution in [2.75, 3.05) is 30.3 Å². The lowest BCUT2D eigenvalue weighted by Crippen LogP contribution is -2.36. The maximum absolute atomic E-state index is 12.2. The van der Waals surface area contributed by atoms with Gasteiger partial charge in [0.2, 0.25) is 11.8 Å². The van der Waals surface area contributed by atoms with Crippen LogP contribution in [0.4, 0.5) is 11.4 Å². The molecule has 0 spiro atoms. The number of nitrogens with one attached hydrogen (secondary N) is 2. The van der Waals surface area contributed by atoms with E-state index in [1.54, 1.807) is 12.1 Å². The fourth-order valence-corrected chi connectivity index (χ4v) is 2.54. The van der Waals surface area contributed by atoms with Crippen molar-refractivity contribution in [1.82, 2.24) is 4.90 Å². The number of carbonyl (C=O) groups is 2. The first kappa shape index (κ1) is 16.2. The summed E-state index contributed by atoms with van der Waals surface area (Å²) in [7, 11) is 0. The molecule has 1 saturated heterocycles. The van der Waals surface area contributed by atoms with Gasteiger partial charge < -0.3 is 10.6 Å². The normalized spacial score (nSPS) is 15.1. The van der Waals surface area contributed by atoms with Crippen LogP contribution in [0.1, 0.15) is 24.8 Å². The molecule has 22 heavy (non-hydrogen) atoms. The highest BCUT2D eigenvalue weighted by molar-refractivity contribution is 6.00. The quantitative estimate of drug-likeness (QED) is 0.822. The second-order valence-electron chi connectivity index (χ2n) is 5.61. The van der Waals surface area contributed by atoms with Gasteiger partial charge in [0.1, 0.15) is 0 Å². The predicted molar refractivity (Wildman–Crippen MR) is 88.9 cm³/mol. The van der Waals surface area contributed by atoms with E-state index in [9.17, 15) is 9.59 Å². The van der Waals surface area contributed by atoms with Crippen LogP contribution < -0.4 is 10.6 Å². The Hall–Kier alpha value is -2.14. The standard InChI is InChI=1S/C17H23N3O2/c1-3-16(21)18-14-8-7-13(2)15(11-14)19-17(22)12-20-9-5-4-6-10-20/h3,7-8,11H,1,4-6,9-10,12H2,2H3,(H,18,21)(H,19,22). The van der Waals surface area contributed by atoms with Crippen molar-refractivity contribution in [3.63, 3.8) is 0 Å². The smallest absolute Gasteiger partial charge is 0.247 e. The predicted octanol–water partition coefficient (Wildman–Crippen LogP) is 2.54. The Balaban J connectivity index is 1.98. The molecule has 0 unspecified atom stereocenters. The molecule has 1 aromatic carbocycles. The molecule has 2 N–H and O–H groups in total. The molecule has 118 valence electrons. The molecule has 0 atom stereocenters. The lowest BCUT2D eigenvalue weighted by molar-refractivity contribution is -0.117. The van der Waals surface area contributed by atoms with E-state index >= 15 is 0 Å². The Kier molecular flexibility index (Phi) is 5.72. The number of hydrogen-bond donors (Lipinski definition) is 2. The van der Waals surface area contributed by atoms with Gasteiger partial charge in [0.05, 0.1) is 6.54 Å². The molecule has 1 aliphatic rings. The molecule has 0 aliphatic carbocycles. The third kappa shape index (κ3) is 4.70. The Morgan fingerprint density at radius 3 is 2.64 bits per heavy atom. The van der Waals surface area contributed by atoms with Gasteiger partial charge in [0.15, 0.2) is 0 Å². The van der Waals surface area contributed by atoms with Gasteiger partial charge in [-0.3, -0.25) is 14.5 Å². The Morgan fingerprint density at radius 1 is 1.23 bits per heavy atom. The van der Waals surface area contributed by atoms with Crippen molar-refractivity contribution >= 4 is 23.2 Å². The first-order valence-electron chi connectivity index (χ1n) is 7.65. The van der Waals surface area contributed by atoms with Crippen LogP contribution in [0.5, 0.6) is 0 Å². The third-order valence-electron chi connectivity index (χ3n) is 3.78. The summed E-state index contributed by atoms with van der Waals surface area (Å²) < 4.78 is 0. The van der Waals surface area contributed by atoms with Crippen molar-refractivity contribution in [2.45, 2.75) is 26.2 Å². The molecule has 1 fully saturated rings. The topological polar surface area (TPSA) is 61.4 Å². The maximum atomic E-state index is 12.2. The van der Waals surface area contributed by atoms with Gasteiger partial charge in [0, 0.05) is 11.4 Å². The van der Waals surface area contributed by atoms with E-state index in [4.69, 9.17) is 0 Å². The number of amides is 2. The second kappa shape index (κ2) is 7.75. The first-order chi connectivity index (χ1) is 10.6. The van der Waals surface area contributed by atoms with Crippen LogP contribution in [0, 0.1) is 6.92 Å². The molecule has 5 heteroatoms. The molecule has 0 bridgehead atoms. The Bertz CT molecular complexity index is 563. The van der Waals surface area contributed by atoms with Crippen LogP contribution in [-0.4, -0.2) is 36.3 Å². The van der Waals surface area contributed by atoms with Crippen LogP contribution in [-0.2, 0) is 9.59 Å². The number of hydrogen-bond acceptors (Lipinski definition) is 3. The number of likely N-dealkylation sites (tertiary alicyclic amines) is 1. The average Bonchev–Trinajstić information content (AvgIpc) is 2.51. The fourth-order valence-electron chi connectivity index (χ4n) is 2.54. The highest BCUT2D eigenvalue weighted by Crippen LogP contribution is 2.20.